The zero-order chi connectivity index (χ0) is 15.0. The number of methoxy groups -OCH3 is 1. The fourth-order valence-electron chi connectivity index (χ4n) is 1.78. The zero-order valence-corrected chi connectivity index (χ0v) is 12.4. The van der Waals surface area contributed by atoms with Gasteiger partial charge in [0, 0.05) is 30.8 Å². The molecule has 0 fully saturated rings. The molecule has 1 aromatic rings. The smallest absolute Gasteiger partial charge is 0.170 e. The summed E-state index contributed by atoms with van der Waals surface area (Å²) in [7, 11) is 3.72. The highest BCUT2D eigenvalue weighted by Gasteiger charge is 2.07. The molecule has 0 amide bonds. The van der Waals surface area contributed by atoms with E-state index in [1.54, 1.807) is 13.2 Å². The summed E-state index contributed by atoms with van der Waals surface area (Å²) in [6.07, 6.45) is 0. The number of likely N-dealkylation sites (N-methyl/N-ethyl adjacent to an activating group) is 1. The SMILES string of the molecule is CCN(C)CCNCc1cc(/C(N)=N/O)ccc1OC. The lowest BCUT2D eigenvalue weighted by Crippen LogP contribution is -2.29. The van der Waals surface area contributed by atoms with E-state index < -0.39 is 0 Å². The highest BCUT2D eigenvalue weighted by Crippen LogP contribution is 2.19. The molecule has 0 unspecified atom stereocenters. The molecule has 0 aliphatic carbocycles. The Balaban J connectivity index is 2.67. The summed E-state index contributed by atoms with van der Waals surface area (Å²) in [5.41, 5.74) is 7.26. The van der Waals surface area contributed by atoms with E-state index in [1.807, 2.05) is 12.1 Å². The van der Waals surface area contributed by atoms with Crippen molar-refractivity contribution < 1.29 is 9.94 Å². The highest BCUT2D eigenvalue weighted by molar-refractivity contribution is 5.97. The maximum absolute atomic E-state index is 8.72. The van der Waals surface area contributed by atoms with Gasteiger partial charge in [-0.05, 0) is 31.8 Å². The first-order valence-corrected chi connectivity index (χ1v) is 6.66. The number of hydrogen-bond donors (Lipinski definition) is 3. The Morgan fingerprint density at radius 2 is 2.25 bits per heavy atom. The van der Waals surface area contributed by atoms with Crippen molar-refractivity contribution in [2.45, 2.75) is 13.5 Å². The van der Waals surface area contributed by atoms with Gasteiger partial charge in [0.2, 0.25) is 0 Å². The van der Waals surface area contributed by atoms with Gasteiger partial charge in [-0.25, -0.2) is 0 Å². The lowest BCUT2D eigenvalue weighted by Gasteiger charge is -2.15. The van der Waals surface area contributed by atoms with E-state index in [4.69, 9.17) is 15.7 Å². The van der Waals surface area contributed by atoms with Gasteiger partial charge in [0.15, 0.2) is 5.84 Å². The summed E-state index contributed by atoms with van der Waals surface area (Å²) in [6, 6.07) is 5.45. The second-order valence-corrected chi connectivity index (χ2v) is 4.58. The number of rotatable bonds is 8. The van der Waals surface area contributed by atoms with Crippen molar-refractivity contribution >= 4 is 5.84 Å². The number of oxime groups is 1. The Morgan fingerprint density at radius 1 is 1.50 bits per heavy atom. The average molecular weight is 280 g/mol. The Bertz CT molecular complexity index is 449. The summed E-state index contributed by atoms with van der Waals surface area (Å²) < 4.78 is 5.32. The molecule has 20 heavy (non-hydrogen) atoms. The molecule has 0 saturated carbocycles. The van der Waals surface area contributed by atoms with E-state index in [9.17, 15) is 0 Å². The Labute approximate surface area is 120 Å². The number of nitrogens with two attached hydrogens (primary N) is 1. The van der Waals surface area contributed by atoms with E-state index in [-0.39, 0.29) is 5.84 Å². The van der Waals surface area contributed by atoms with Gasteiger partial charge in [-0.3, -0.25) is 0 Å². The number of hydrogen-bond acceptors (Lipinski definition) is 5. The molecule has 0 radical (unpaired) electrons. The third-order valence-electron chi connectivity index (χ3n) is 3.21. The summed E-state index contributed by atoms with van der Waals surface area (Å²) in [4.78, 5) is 2.23. The Kier molecular flexibility index (Phi) is 6.83. The quantitative estimate of drug-likeness (QED) is 0.216. The van der Waals surface area contributed by atoms with Crippen LogP contribution in [0.25, 0.3) is 0 Å². The average Bonchev–Trinajstić information content (AvgIpc) is 2.50. The number of ether oxygens (including phenoxy) is 1. The third-order valence-corrected chi connectivity index (χ3v) is 3.21. The summed E-state index contributed by atoms with van der Waals surface area (Å²) in [6.45, 7) is 5.71. The molecule has 112 valence electrons. The number of amidine groups is 1. The lowest BCUT2D eigenvalue weighted by molar-refractivity contribution is 0.318. The van der Waals surface area contributed by atoms with Gasteiger partial charge >= 0.3 is 0 Å². The maximum atomic E-state index is 8.72. The molecule has 0 heterocycles. The lowest BCUT2D eigenvalue weighted by atomic mass is 10.1. The summed E-state index contributed by atoms with van der Waals surface area (Å²) >= 11 is 0. The van der Waals surface area contributed by atoms with E-state index in [0.717, 1.165) is 30.9 Å². The van der Waals surface area contributed by atoms with Crippen LogP contribution in [0.15, 0.2) is 23.4 Å². The van der Waals surface area contributed by atoms with E-state index in [1.165, 1.54) is 0 Å². The molecule has 0 aliphatic heterocycles. The van der Waals surface area contributed by atoms with Crippen LogP contribution in [-0.4, -0.2) is 49.7 Å². The van der Waals surface area contributed by atoms with Crippen LogP contribution in [-0.2, 0) is 6.54 Å². The Hall–Kier alpha value is -1.79. The minimum Gasteiger partial charge on any atom is -0.496 e. The number of nitrogens with one attached hydrogen (secondary N) is 1. The molecule has 0 spiro atoms. The molecule has 0 aromatic heterocycles. The van der Waals surface area contributed by atoms with Crippen molar-refractivity contribution in [1.29, 1.82) is 0 Å². The first-order chi connectivity index (χ1) is 9.62. The fraction of sp³-hybridized carbons (Fsp3) is 0.500. The van der Waals surface area contributed by atoms with Gasteiger partial charge in [0.05, 0.1) is 7.11 Å². The molecule has 0 atom stereocenters. The minimum atomic E-state index is 0.0969. The predicted molar refractivity (Wildman–Crippen MR) is 80.4 cm³/mol. The van der Waals surface area contributed by atoms with Crippen molar-refractivity contribution in [3.8, 4) is 5.75 Å². The molecule has 0 aliphatic rings. The second kappa shape index (κ2) is 8.39. The zero-order valence-electron chi connectivity index (χ0n) is 12.4. The van der Waals surface area contributed by atoms with Gasteiger partial charge in [-0.2, -0.15) is 0 Å². The van der Waals surface area contributed by atoms with Gasteiger partial charge in [-0.1, -0.05) is 12.1 Å². The molecule has 6 nitrogen and oxygen atoms in total. The molecule has 6 heteroatoms. The van der Waals surface area contributed by atoms with Crippen LogP contribution in [0.2, 0.25) is 0 Å². The standard InChI is InChI=1S/C14H24N4O2/c1-4-18(2)8-7-16-10-12-9-11(14(15)17-19)5-6-13(12)20-3/h5-6,9,16,19H,4,7-8,10H2,1-3H3,(H2,15,17). The van der Waals surface area contributed by atoms with Gasteiger partial charge < -0.3 is 25.9 Å². The molecule has 1 rings (SSSR count). The Morgan fingerprint density at radius 3 is 2.85 bits per heavy atom. The van der Waals surface area contributed by atoms with Crippen LogP contribution in [0.1, 0.15) is 18.1 Å². The fourth-order valence-corrected chi connectivity index (χ4v) is 1.78. The van der Waals surface area contributed by atoms with Crippen molar-refractivity contribution in [3.63, 3.8) is 0 Å². The highest BCUT2D eigenvalue weighted by atomic mass is 16.5. The molecule has 0 saturated heterocycles. The van der Waals surface area contributed by atoms with Gasteiger partial charge in [0.25, 0.3) is 0 Å². The molecule has 1 aromatic carbocycles. The van der Waals surface area contributed by atoms with Crippen molar-refractivity contribution in [1.82, 2.24) is 10.2 Å². The molecule has 0 bridgehead atoms. The number of benzene rings is 1. The first-order valence-electron chi connectivity index (χ1n) is 6.66. The molecular formula is C14H24N4O2. The maximum Gasteiger partial charge on any atom is 0.170 e. The minimum absolute atomic E-state index is 0.0969. The van der Waals surface area contributed by atoms with Crippen LogP contribution in [0.3, 0.4) is 0 Å². The van der Waals surface area contributed by atoms with Crippen LogP contribution >= 0.6 is 0 Å². The summed E-state index contributed by atoms with van der Waals surface area (Å²) in [5.74, 6) is 0.885. The van der Waals surface area contributed by atoms with Crippen LogP contribution in [0.4, 0.5) is 0 Å². The van der Waals surface area contributed by atoms with Crippen LogP contribution in [0.5, 0.6) is 5.75 Å². The first kappa shape index (κ1) is 16.3. The largest absolute Gasteiger partial charge is 0.496 e. The second-order valence-electron chi connectivity index (χ2n) is 4.58. The van der Waals surface area contributed by atoms with Crippen LogP contribution < -0.4 is 15.8 Å². The van der Waals surface area contributed by atoms with Crippen LogP contribution in [0, 0.1) is 0 Å². The van der Waals surface area contributed by atoms with E-state index >= 15 is 0 Å². The summed E-state index contributed by atoms with van der Waals surface area (Å²) in [5, 5.41) is 15.1. The van der Waals surface area contributed by atoms with Gasteiger partial charge in [-0.15, -0.1) is 0 Å². The molecular weight excluding hydrogens is 256 g/mol. The third kappa shape index (κ3) is 4.71. The monoisotopic (exact) mass is 280 g/mol. The van der Waals surface area contributed by atoms with Crippen molar-refractivity contribution in [3.05, 3.63) is 29.3 Å². The number of nitrogens with zero attached hydrogens (tertiary/aromatic N) is 2. The predicted octanol–water partition coefficient (Wildman–Crippen LogP) is 0.831. The van der Waals surface area contributed by atoms with Crippen molar-refractivity contribution in [2.75, 3.05) is 33.8 Å². The van der Waals surface area contributed by atoms with E-state index in [2.05, 4.69) is 29.3 Å². The van der Waals surface area contributed by atoms with Crippen molar-refractivity contribution in [2.24, 2.45) is 10.9 Å². The van der Waals surface area contributed by atoms with E-state index in [0.29, 0.717) is 12.1 Å². The normalized spacial score (nSPS) is 11.9. The topological polar surface area (TPSA) is 83.1 Å². The molecule has 4 N–H and O–H groups in total. The van der Waals surface area contributed by atoms with Gasteiger partial charge in [0.1, 0.15) is 5.75 Å².